The lowest BCUT2D eigenvalue weighted by Crippen LogP contribution is -2.10. The molecule has 1 aromatic carbocycles. The summed E-state index contributed by atoms with van der Waals surface area (Å²) < 4.78 is 0. The zero-order valence-electron chi connectivity index (χ0n) is 7.53. The molecule has 14 heavy (non-hydrogen) atoms. The first-order chi connectivity index (χ1) is 6.63. The zero-order valence-corrected chi connectivity index (χ0v) is 7.53. The van der Waals surface area contributed by atoms with E-state index in [0.717, 1.165) is 0 Å². The van der Waals surface area contributed by atoms with E-state index >= 15 is 0 Å². The summed E-state index contributed by atoms with van der Waals surface area (Å²) in [5, 5.41) is 11.6. The van der Waals surface area contributed by atoms with E-state index in [1.54, 1.807) is 24.3 Å². The molecule has 0 N–H and O–H groups in total. The van der Waals surface area contributed by atoms with Crippen molar-refractivity contribution in [1.82, 2.24) is 0 Å². The Hall–Kier alpha value is -1.90. The summed E-state index contributed by atoms with van der Waals surface area (Å²) in [6, 6.07) is 6.47. The first-order valence-electron chi connectivity index (χ1n) is 4.19. The number of hydrogen-bond acceptors (Lipinski definition) is 3. The van der Waals surface area contributed by atoms with Gasteiger partial charge in [-0.3, -0.25) is 9.59 Å². The Labute approximate surface area is 80.7 Å². The second-order valence-electron chi connectivity index (χ2n) is 3.14. The van der Waals surface area contributed by atoms with Gasteiger partial charge >= 0.3 is 0 Å². The molecule has 0 amide bonds. The molecule has 70 valence electrons. The molecule has 3 nitrogen and oxygen atoms in total. The fraction of sp³-hybridized carbons (Fsp3) is 0.0909. The Morgan fingerprint density at radius 1 is 1.21 bits per heavy atom. The van der Waals surface area contributed by atoms with Gasteiger partial charge in [0.1, 0.15) is 0 Å². The monoisotopic (exact) mass is 187 g/mol. The molecule has 0 heterocycles. The molecule has 0 aliphatic heterocycles. The number of benzene rings is 1. The van der Waals surface area contributed by atoms with Crippen LogP contribution < -0.4 is 5.11 Å². The first kappa shape index (κ1) is 8.69. The van der Waals surface area contributed by atoms with Crippen LogP contribution in [0.5, 0.6) is 0 Å². The Morgan fingerprint density at radius 2 is 1.79 bits per heavy atom. The van der Waals surface area contributed by atoms with Crippen LogP contribution in [-0.4, -0.2) is 11.6 Å². The normalized spacial score (nSPS) is 14.5. The SMILES string of the molecule is CC(=O)C1=C([O-])c2ccccc2C1=O. The Bertz CT molecular complexity index is 469. The second-order valence-corrected chi connectivity index (χ2v) is 3.14. The number of fused-ring (bicyclic) bond motifs is 1. The number of hydrogen-bond donors (Lipinski definition) is 0. The third-order valence-corrected chi connectivity index (χ3v) is 2.22. The number of carbonyl (C=O) groups excluding carboxylic acids is 2. The molecule has 0 spiro atoms. The van der Waals surface area contributed by atoms with Gasteiger partial charge < -0.3 is 5.11 Å². The molecular weight excluding hydrogens is 180 g/mol. The summed E-state index contributed by atoms with van der Waals surface area (Å²) in [5.41, 5.74) is 0.455. The summed E-state index contributed by atoms with van der Waals surface area (Å²) in [5.74, 6) is -1.35. The van der Waals surface area contributed by atoms with Crippen LogP contribution in [0.3, 0.4) is 0 Å². The van der Waals surface area contributed by atoms with Gasteiger partial charge in [-0.25, -0.2) is 0 Å². The molecule has 0 fully saturated rings. The minimum atomic E-state index is -0.462. The fourth-order valence-corrected chi connectivity index (χ4v) is 1.57. The van der Waals surface area contributed by atoms with Crippen molar-refractivity contribution >= 4 is 17.3 Å². The highest BCUT2D eigenvalue weighted by Crippen LogP contribution is 2.29. The number of allylic oxidation sites excluding steroid dienone is 1. The zero-order chi connectivity index (χ0) is 10.3. The van der Waals surface area contributed by atoms with E-state index in [4.69, 9.17) is 0 Å². The predicted molar refractivity (Wildman–Crippen MR) is 48.4 cm³/mol. The van der Waals surface area contributed by atoms with Crippen molar-refractivity contribution < 1.29 is 14.7 Å². The smallest absolute Gasteiger partial charge is 0.196 e. The van der Waals surface area contributed by atoms with Crippen molar-refractivity contribution in [2.24, 2.45) is 0 Å². The fourth-order valence-electron chi connectivity index (χ4n) is 1.57. The number of Topliss-reactive ketones (excluding diaryl/α,β-unsaturated/α-hetero) is 2. The number of ketones is 2. The highest BCUT2D eigenvalue weighted by atomic mass is 16.3. The van der Waals surface area contributed by atoms with Crippen molar-refractivity contribution in [3.8, 4) is 0 Å². The molecule has 0 atom stereocenters. The molecule has 1 aliphatic rings. The minimum absolute atomic E-state index is 0.216. The molecule has 0 unspecified atom stereocenters. The van der Waals surface area contributed by atoms with Crippen LogP contribution in [0.2, 0.25) is 0 Å². The molecular formula is C11H7O3-. The van der Waals surface area contributed by atoms with Crippen molar-refractivity contribution in [1.29, 1.82) is 0 Å². The van der Waals surface area contributed by atoms with E-state index in [-0.39, 0.29) is 5.57 Å². The number of rotatable bonds is 1. The standard InChI is InChI=1S/C11H8O3/c1-6(12)9-10(13)7-4-2-3-5-8(7)11(9)14/h2-5,13H,1H3/p-1. The van der Waals surface area contributed by atoms with Gasteiger partial charge in [-0.05, 0) is 12.5 Å². The third-order valence-electron chi connectivity index (χ3n) is 2.22. The highest BCUT2D eigenvalue weighted by molar-refractivity contribution is 6.33. The van der Waals surface area contributed by atoms with Crippen LogP contribution in [0.15, 0.2) is 29.8 Å². The van der Waals surface area contributed by atoms with Crippen molar-refractivity contribution in [2.75, 3.05) is 0 Å². The van der Waals surface area contributed by atoms with E-state index in [2.05, 4.69) is 0 Å². The molecule has 2 rings (SSSR count). The third kappa shape index (κ3) is 0.988. The summed E-state index contributed by atoms with van der Waals surface area (Å²) in [6.45, 7) is 1.23. The average Bonchev–Trinajstić information content (AvgIpc) is 2.41. The maximum atomic E-state index is 11.6. The van der Waals surface area contributed by atoms with Crippen molar-refractivity contribution in [3.05, 3.63) is 41.0 Å². The van der Waals surface area contributed by atoms with E-state index in [1.807, 2.05) is 0 Å². The van der Waals surface area contributed by atoms with E-state index in [0.29, 0.717) is 11.1 Å². The lowest BCUT2D eigenvalue weighted by Gasteiger charge is -2.08. The van der Waals surface area contributed by atoms with Gasteiger partial charge in [0, 0.05) is 5.56 Å². The van der Waals surface area contributed by atoms with Gasteiger partial charge in [0.15, 0.2) is 11.6 Å². The summed E-state index contributed by atoms with van der Waals surface area (Å²) in [7, 11) is 0. The quantitative estimate of drug-likeness (QED) is 0.603. The van der Waals surface area contributed by atoms with Crippen LogP contribution in [0, 0.1) is 0 Å². The van der Waals surface area contributed by atoms with Crippen LogP contribution in [0.4, 0.5) is 0 Å². The van der Waals surface area contributed by atoms with Crippen LogP contribution in [0.1, 0.15) is 22.8 Å². The molecule has 1 aromatic rings. The molecule has 1 aliphatic carbocycles. The maximum absolute atomic E-state index is 11.6. The Kier molecular flexibility index (Phi) is 1.74. The first-order valence-corrected chi connectivity index (χ1v) is 4.19. The van der Waals surface area contributed by atoms with Gasteiger partial charge in [0.2, 0.25) is 0 Å². The summed E-state index contributed by atoms with van der Waals surface area (Å²) in [4.78, 5) is 22.6. The molecule has 3 heteroatoms. The van der Waals surface area contributed by atoms with Gasteiger partial charge in [-0.2, -0.15) is 0 Å². The van der Waals surface area contributed by atoms with Crippen LogP contribution >= 0.6 is 0 Å². The van der Waals surface area contributed by atoms with Crippen molar-refractivity contribution in [2.45, 2.75) is 6.92 Å². The molecule has 0 saturated carbocycles. The summed E-state index contributed by atoms with van der Waals surface area (Å²) in [6.07, 6.45) is 0. The van der Waals surface area contributed by atoms with Crippen LogP contribution in [-0.2, 0) is 4.79 Å². The number of carbonyl (C=O) groups is 2. The van der Waals surface area contributed by atoms with Gasteiger partial charge in [0.25, 0.3) is 0 Å². The molecule has 0 radical (unpaired) electrons. The molecule has 0 aromatic heterocycles. The lowest BCUT2D eigenvalue weighted by molar-refractivity contribution is -0.244. The molecule has 0 saturated heterocycles. The Balaban J connectivity index is 2.69. The van der Waals surface area contributed by atoms with E-state index < -0.39 is 17.3 Å². The average molecular weight is 187 g/mol. The van der Waals surface area contributed by atoms with Crippen molar-refractivity contribution in [3.63, 3.8) is 0 Å². The van der Waals surface area contributed by atoms with Gasteiger partial charge in [0.05, 0.1) is 5.57 Å². The molecule has 0 bridgehead atoms. The highest BCUT2D eigenvalue weighted by Gasteiger charge is 2.26. The van der Waals surface area contributed by atoms with E-state index in [9.17, 15) is 14.7 Å². The predicted octanol–water partition coefficient (Wildman–Crippen LogP) is 0.543. The summed E-state index contributed by atoms with van der Waals surface area (Å²) >= 11 is 0. The maximum Gasteiger partial charge on any atom is 0.196 e. The van der Waals surface area contributed by atoms with E-state index in [1.165, 1.54) is 6.92 Å². The minimum Gasteiger partial charge on any atom is -0.871 e. The van der Waals surface area contributed by atoms with Gasteiger partial charge in [-0.15, -0.1) is 0 Å². The lowest BCUT2D eigenvalue weighted by atomic mass is 10.1. The Morgan fingerprint density at radius 3 is 2.29 bits per heavy atom. The topological polar surface area (TPSA) is 57.2 Å². The largest absolute Gasteiger partial charge is 0.871 e. The second kappa shape index (κ2) is 2.80. The van der Waals surface area contributed by atoms with Crippen LogP contribution in [0.25, 0.3) is 5.76 Å². The van der Waals surface area contributed by atoms with Gasteiger partial charge in [-0.1, -0.05) is 30.0 Å².